The van der Waals surface area contributed by atoms with Crippen molar-refractivity contribution in [1.29, 1.82) is 0 Å². The zero-order chi connectivity index (χ0) is 48.8. The summed E-state index contributed by atoms with van der Waals surface area (Å²) in [6, 6.07) is 17.3. The molecule has 0 amide bonds. The topological polar surface area (TPSA) is 163 Å². The molecule has 2 unspecified atom stereocenters. The summed E-state index contributed by atoms with van der Waals surface area (Å²) in [6.45, 7) is 8.52. The average molecular weight is 963 g/mol. The highest BCUT2D eigenvalue weighted by molar-refractivity contribution is 7.98. The number of carbonyl (C=O) groups is 3. The highest BCUT2D eigenvalue weighted by atomic mass is 32.2. The second kappa shape index (κ2) is 17.4. The summed E-state index contributed by atoms with van der Waals surface area (Å²) in [6.07, 6.45) is 5.79. The van der Waals surface area contributed by atoms with Crippen molar-refractivity contribution in [2.24, 2.45) is 11.3 Å². The van der Waals surface area contributed by atoms with Gasteiger partial charge in [-0.1, -0.05) is 38.1 Å². The van der Waals surface area contributed by atoms with E-state index in [4.69, 9.17) is 23.7 Å². The molecule has 4 aromatic rings. The van der Waals surface area contributed by atoms with Crippen molar-refractivity contribution < 1.29 is 48.3 Å². The number of aliphatic hydroxyl groups is 2. The first-order valence-corrected chi connectivity index (χ1v) is 25.4. The third-order valence-corrected chi connectivity index (χ3v) is 18.3. The molecule has 10 rings (SSSR count). The Morgan fingerprint density at radius 3 is 2.33 bits per heavy atom. The Bertz CT molecular complexity index is 2730. The molecule has 1 aliphatic carbocycles. The average Bonchev–Trinajstić information content (AvgIpc) is 4.02. The summed E-state index contributed by atoms with van der Waals surface area (Å²) in [4.78, 5) is 55.0. The van der Waals surface area contributed by atoms with Crippen molar-refractivity contribution in [3.8, 4) is 11.5 Å². The van der Waals surface area contributed by atoms with Crippen LogP contribution in [0.5, 0.6) is 11.5 Å². The molecule has 6 aliphatic rings. The number of ether oxygens (including phenoxy) is 5. The summed E-state index contributed by atoms with van der Waals surface area (Å²) in [5.41, 5.74) is -0.722. The largest absolute Gasteiger partial charge is 0.497 e. The van der Waals surface area contributed by atoms with Crippen LogP contribution < -0.4 is 14.4 Å². The molecule has 5 aliphatic heterocycles. The molecule has 15 heteroatoms. The van der Waals surface area contributed by atoms with Gasteiger partial charge in [0.2, 0.25) is 5.60 Å². The van der Waals surface area contributed by atoms with Gasteiger partial charge >= 0.3 is 17.9 Å². The molecule has 10 atom stereocenters. The summed E-state index contributed by atoms with van der Waals surface area (Å²) >= 11 is 1.74. The normalized spacial score (nSPS) is 33.2. The third kappa shape index (κ3) is 6.91. The number of fused-ring (bicyclic) bond motifs is 6. The Hall–Kier alpha value is -5.06. The van der Waals surface area contributed by atoms with Crippen LogP contribution in [0.4, 0.5) is 5.69 Å². The molecule has 6 heterocycles. The standard InChI is InChI=1S/C54H66N4O10S/c1-9-50(62)27-34-28-53(48(60)66-7,44-37(18-22-57(29-34)31-50)38-24-36(16-17-41(38)55-44)69-30-33-12-14-35(64-5)15-13-33)40-25-39-42(26-43(40)65-6)56(4)46-52(39)20-23-58-21-11-19-51(10-2,45(52)58)47(68-32(3)59)54(46,63)49(61)67-8/h11-17,19,24-26,34,45-47,55,62-63H,9-10,18,20-23,27-31H2,1-8H3/t34-,45+,46?,47-,50+,51-,52-,53+,54+/m1/s1. The number of thioether (sulfide) groups is 1. The van der Waals surface area contributed by atoms with Gasteiger partial charge in [-0.2, -0.15) is 0 Å². The van der Waals surface area contributed by atoms with E-state index in [0.29, 0.717) is 82.6 Å². The second-order valence-electron chi connectivity index (χ2n) is 20.5. The molecule has 3 fully saturated rings. The Balaban J connectivity index is 1.22. The predicted molar refractivity (Wildman–Crippen MR) is 263 cm³/mol. The Morgan fingerprint density at radius 1 is 0.884 bits per heavy atom. The summed E-state index contributed by atoms with van der Waals surface area (Å²) < 4.78 is 29.6. The number of benzene rings is 3. The number of piperidine rings is 1. The molecular weight excluding hydrogens is 897 g/mol. The SMILES string of the molecule is CC[C@]1(O)C[C@H]2CN(CCc3c([nH]c4ccc(SCc5ccc(OC)cc5)cc34)[C@@](C(=O)OC)(c3cc4c(cc3OC)N(C)C3[C@]45CCN4CC=C[C@@](CC)([C@@H](OC(C)=O)[C@]3(O)C(=O)OC)[C@H]45)C2)C1. The molecule has 0 radical (unpaired) electrons. The van der Waals surface area contributed by atoms with Gasteiger partial charge in [-0.15, -0.1) is 11.8 Å². The zero-order valence-electron chi connectivity index (χ0n) is 41.1. The fraction of sp³-hybridized carbons (Fsp3) is 0.537. The fourth-order valence-electron chi connectivity index (χ4n) is 14.5. The van der Waals surface area contributed by atoms with Gasteiger partial charge in [0.05, 0.1) is 40.1 Å². The molecule has 3 aromatic carbocycles. The predicted octanol–water partition coefficient (Wildman–Crippen LogP) is 6.29. The number of hydrogen-bond donors (Lipinski definition) is 3. The van der Waals surface area contributed by atoms with Gasteiger partial charge in [0, 0.05) is 102 Å². The molecule has 2 bridgehead atoms. The van der Waals surface area contributed by atoms with E-state index in [1.807, 2.05) is 44.0 Å². The van der Waals surface area contributed by atoms with Gasteiger partial charge in [-0.05, 0) is 104 Å². The van der Waals surface area contributed by atoms with Crippen LogP contribution >= 0.6 is 11.8 Å². The molecular formula is C54H66N4O10S. The Kier molecular flexibility index (Phi) is 12.0. The van der Waals surface area contributed by atoms with Crippen molar-refractivity contribution in [1.82, 2.24) is 14.8 Å². The number of hydrogen-bond acceptors (Lipinski definition) is 14. The number of aromatic amines is 1. The Morgan fingerprint density at radius 2 is 1.65 bits per heavy atom. The monoisotopic (exact) mass is 962 g/mol. The number of rotatable bonds is 11. The van der Waals surface area contributed by atoms with Gasteiger partial charge in [0.25, 0.3) is 0 Å². The van der Waals surface area contributed by atoms with E-state index in [2.05, 4.69) is 63.3 Å². The lowest BCUT2D eigenvalue weighted by Crippen LogP contribution is -2.81. The van der Waals surface area contributed by atoms with Gasteiger partial charge in [0.15, 0.2) is 6.10 Å². The van der Waals surface area contributed by atoms with Crippen molar-refractivity contribution in [2.75, 3.05) is 73.1 Å². The minimum Gasteiger partial charge on any atom is -0.497 e. The van der Waals surface area contributed by atoms with E-state index in [1.165, 1.54) is 26.7 Å². The molecule has 368 valence electrons. The minimum atomic E-state index is -2.33. The maximum atomic E-state index is 15.7. The molecule has 1 spiro atoms. The summed E-state index contributed by atoms with van der Waals surface area (Å²) in [5.74, 6) is -0.0784. The van der Waals surface area contributed by atoms with Crippen LogP contribution in [-0.4, -0.2) is 141 Å². The van der Waals surface area contributed by atoms with Crippen LogP contribution in [0.2, 0.25) is 0 Å². The van der Waals surface area contributed by atoms with E-state index in [-0.39, 0.29) is 12.0 Å². The number of methoxy groups -OCH3 is 4. The third-order valence-electron chi connectivity index (χ3n) is 17.2. The molecule has 2 saturated heterocycles. The number of likely N-dealkylation sites (N-methyl/N-ethyl adjacent to an activating group) is 1. The van der Waals surface area contributed by atoms with Crippen LogP contribution in [0, 0.1) is 11.3 Å². The van der Waals surface area contributed by atoms with Crippen molar-refractivity contribution >= 4 is 46.3 Å². The Labute approximate surface area is 408 Å². The first kappa shape index (κ1) is 47.6. The fourth-order valence-corrected chi connectivity index (χ4v) is 15.4. The van der Waals surface area contributed by atoms with Gasteiger partial charge in [0.1, 0.15) is 16.9 Å². The highest BCUT2D eigenvalue weighted by Gasteiger charge is 2.80. The number of anilines is 1. The van der Waals surface area contributed by atoms with E-state index in [1.54, 1.807) is 26.0 Å². The van der Waals surface area contributed by atoms with Crippen LogP contribution in [0.15, 0.2) is 71.6 Å². The second-order valence-corrected chi connectivity index (χ2v) is 21.6. The number of H-pyrrole nitrogens is 1. The lowest BCUT2D eigenvalue weighted by molar-refractivity contribution is -0.228. The van der Waals surface area contributed by atoms with Crippen molar-refractivity contribution in [2.45, 2.75) is 110 Å². The van der Waals surface area contributed by atoms with Gasteiger partial charge < -0.3 is 43.8 Å². The maximum Gasteiger partial charge on any atom is 0.344 e. The number of nitrogens with zero attached hydrogens (tertiary/aromatic N) is 3. The first-order valence-electron chi connectivity index (χ1n) is 24.4. The van der Waals surface area contributed by atoms with E-state index < -0.39 is 57.5 Å². The first-order chi connectivity index (χ1) is 33.1. The highest BCUT2D eigenvalue weighted by Crippen LogP contribution is 2.68. The lowest BCUT2D eigenvalue weighted by Gasteiger charge is -2.63. The number of aromatic nitrogens is 1. The summed E-state index contributed by atoms with van der Waals surface area (Å²) in [7, 11) is 7.84. The van der Waals surface area contributed by atoms with E-state index in [9.17, 15) is 19.8 Å². The lowest BCUT2D eigenvalue weighted by atomic mass is 9.47. The molecule has 69 heavy (non-hydrogen) atoms. The molecule has 14 nitrogen and oxygen atoms in total. The van der Waals surface area contributed by atoms with E-state index >= 15 is 4.79 Å². The van der Waals surface area contributed by atoms with Crippen molar-refractivity contribution in [3.05, 3.63) is 94.7 Å². The smallest absolute Gasteiger partial charge is 0.344 e. The molecule has 1 saturated carbocycles. The van der Waals surface area contributed by atoms with Gasteiger partial charge in [-0.3, -0.25) is 19.4 Å². The van der Waals surface area contributed by atoms with Crippen LogP contribution in [0.3, 0.4) is 0 Å². The van der Waals surface area contributed by atoms with E-state index in [0.717, 1.165) is 49.8 Å². The van der Waals surface area contributed by atoms with Crippen LogP contribution in [-0.2, 0) is 51.6 Å². The van der Waals surface area contributed by atoms with Crippen molar-refractivity contribution in [3.63, 3.8) is 0 Å². The molecule has 3 N–H and O–H groups in total. The van der Waals surface area contributed by atoms with Crippen LogP contribution in [0.25, 0.3) is 10.9 Å². The summed E-state index contributed by atoms with van der Waals surface area (Å²) in [5, 5.41) is 26.7. The minimum absolute atomic E-state index is 0.135. The number of nitrogens with one attached hydrogen (secondary N) is 1. The van der Waals surface area contributed by atoms with Crippen LogP contribution in [0.1, 0.15) is 80.8 Å². The van der Waals surface area contributed by atoms with Gasteiger partial charge in [-0.25, -0.2) is 4.79 Å². The zero-order valence-corrected chi connectivity index (χ0v) is 41.9. The molecule has 1 aromatic heterocycles. The number of esters is 3. The number of carbonyl (C=O) groups excluding carboxylic acids is 3. The maximum absolute atomic E-state index is 15.7. The quantitative estimate of drug-likeness (QED) is 0.0665.